The molecule has 1 heterocycles. The van der Waals surface area contributed by atoms with E-state index in [-0.39, 0.29) is 6.29 Å². The Morgan fingerprint density at radius 3 is 2.64 bits per heavy atom. The van der Waals surface area contributed by atoms with Crippen molar-refractivity contribution >= 4 is 11.3 Å². The third kappa shape index (κ3) is 2.61. The molecule has 11 heavy (non-hydrogen) atoms. The van der Waals surface area contributed by atoms with Crippen LogP contribution in [0.4, 0.5) is 0 Å². The van der Waals surface area contributed by atoms with Gasteiger partial charge in [-0.3, -0.25) is 0 Å². The van der Waals surface area contributed by atoms with Crippen molar-refractivity contribution in [2.45, 2.75) is 12.7 Å². The van der Waals surface area contributed by atoms with Crippen LogP contribution in [0.3, 0.4) is 0 Å². The van der Waals surface area contributed by atoms with E-state index in [0.717, 1.165) is 6.42 Å². The molecule has 0 saturated heterocycles. The molecule has 1 rings (SSSR count). The van der Waals surface area contributed by atoms with Gasteiger partial charge in [0.2, 0.25) is 0 Å². The average molecular weight is 172 g/mol. The Hall–Kier alpha value is -0.380. The molecule has 0 aliphatic heterocycles. The monoisotopic (exact) mass is 172 g/mol. The van der Waals surface area contributed by atoms with E-state index in [0.29, 0.717) is 0 Å². The summed E-state index contributed by atoms with van der Waals surface area (Å²) in [7, 11) is 3.31. The summed E-state index contributed by atoms with van der Waals surface area (Å²) in [6.45, 7) is 0. The van der Waals surface area contributed by atoms with Crippen LogP contribution in [-0.2, 0) is 15.9 Å². The molecule has 62 valence electrons. The van der Waals surface area contributed by atoms with Gasteiger partial charge in [0.05, 0.1) is 0 Å². The summed E-state index contributed by atoms with van der Waals surface area (Å²) >= 11 is 1.69. The second-order valence-electron chi connectivity index (χ2n) is 2.24. The van der Waals surface area contributed by atoms with E-state index in [1.807, 2.05) is 0 Å². The van der Waals surface area contributed by atoms with E-state index in [1.54, 1.807) is 25.6 Å². The summed E-state index contributed by atoms with van der Waals surface area (Å²) in [6.07, 6.45) is 0.723. The fourth-order valence-corrected chi connectivity index (χ4v) is 1.55. The summed E-state index contributed by atoms with van der Waals surface area (Å²) < 4.78 is 10.1. The van der Waals surface area contributed by atoms with E-state index < -0.39 is 0 Å². The lowest BCUT2D eigenvalue weighted by Gasteiger charge is -2.11. The Labute approximate surface area is 70.8 Å². The Morgan fingerprint density at radius 2 is 2.18 bits per heavy atom. The van der Waals surface area contributed by atoms with E-state index in [4.69, 9.17) is 9.47 Å². The van der Waals surface area contributed by atoms with E-state index in [1.165, 1.54) is 5.56 Å². The maximum atomic E-state index is 5.06. The summed E-state index contributed by atoms with van der Waals surface area (Å²) in [5, 5.41) is 4.16. The highest BCUT2D eigenvalue weighted by Crippen LogP contribution is 2.09. The van der Waals surface area contributed by atoms with Gasteiger partial charge in [-0.15, -0.1) is 0 Å². The predicted molar refractivity (Wildman–Crippen MR) is 45.8 cm³/mol. The summed E-state index contributed by atoms with van der Waals surface area (Å²) in [4.78, 5) is 0. The maximum absolute atomic E-state index is 5.06. The highest BCUT2D eigenvalue weighted by molar-refractivity contribution is 7.07. The van der Waals surface area contributed by atoms with Gasteiger partial charge in [0.15, 0.2) is 6.29 Å². The topological polar surface area (TPSA) is 18.5 Å². The molecule has 2 nitrogen and oxygen atoms in total. The van der Waals surface area contributed by atoms with Crippen molar-refractivity contribution in [2.75, 3.05) is 14.2 Å². The molecule has 0 fully saturated rings. The van der Waals surface area contributed by atoms with Crippen LogP contribution >= 0.6 is 11.3 Å². The molecule has 0 unspecified atom stereocenters. The number of hydrogen-bond donors (Lipinski definition) is 0. The van der Waals surface area contributed by atoms with E-state index in [9.17, 15) is 0 Å². The maximum Gasteiger partial charge on any atom is 0.160 e. The zero-order valence-corrected chi connectivity index (χ0v) is 7.56. The summed E-state index contributed by atoms with van der Waals surface area (Å²) in [6, 6.07) is 2.08. The lowest BCUT2D eigenvalue weighted by Crippen LogP contribution is -2.15. The standard InChI is InChI=1S/C8H12O2S/c1-9-8(10-2)5-7-3-4-11-6-7/h3-4,6,8H,5H2,1-2H3. The number of hydrogen-bond acceptors (Lipinski definition) is 3. The first-order valence-electron chi connectivity index (χ1n) is 3.43. The molecule has 0 bridgehead atoms. The van der Waals surface area contributed by atoms with Crippen molar-refractivity contribution in [3.8, 4) is 0 Å². The Balaban J connectivity index is 2.41. The molecular weight excluding hydrogens is 160 g/mol. The van der Waals surface area contributed by atoms with Crippen LogP contribution in [0.5, 0.6) is 0 Å². The summed E-state index contributed by atoms with van der Waals surface area (Å²) in [5.74, 6) is 0. The van der Waals surface area contributed by atoms with E-state index >= 15 is 0 Å². The van der Waals surface area contributed by atoms with Crippen molar-refractivity contribution in [1.29, 1.82) is 0 Å². The molecular formula is C8H12O2S. The molecule has 0 aliphatic rings. The van der Waals surface area contributed by atoms with Crippen molar-refractivity contribution in [3.63, 3.8) is 0 Å². The molecule has 0 atom stereocenters. The van der Waals surface area contributed by atoms with Crippen molar-refractivity contribution < 1.29 is 9.47 Å². The van der Waals surface area contributed by atoms with Crippen LogP contribution in [0.2, 0.25) is 0 Å². The summed E-state index contributed by atoms with van der Waals surface area (Å²) in [5.41, 5.74) is 1.27. The van der Waals surface area contributed by atoms with Crippen LogP contribution in [0.1, 0.15) is 5.56 Å². The highest BCUT2D eigenvalue weighted by atomic mass is 32.1. The van der Waals surface area contributed by atoms with Gasteiger partial charge in [0, 0.05) is 20.6 Å². The minimum atomic E-state index is -0.107. The molecule has 0 saturated carbocycles. The molecule has 0 amide bonds. The van der Waals surface area contributed by atoms with Crippen molar-refractivity contribution in [2.24, 2.45) is 0 Å². The fraction of sp³-hybridized carbons (Fsp3) is 0.500. The average Bonchev–Trinajstić information content (AvgIpc) is 2.52. The third-order valence-corrected chi connectivity index (χ3v) is 2.24. The van der Waals surface area contributed by atoms with Gasteiger partial charge < -0.3 is 9.47 Å². The van der Waals surface area contributed by atoms with Gasteiger partial charge in [-0.25, -0.2) is 0 Å². The number of thiophene rings is 1. The molecule has 1 aromatic rings. The zero-order chi connectivity index (χ0) is 8.10. The normalized spacial score (nSPS) is 10.8. The van der Waals surface area contributed by atoms with Gasteiger partial charge in [-0.1, -0.05) is 0 Å². The first-order chi connectivity index (χ1) is 5.36. The van der Waals surface area contributed by atoms with Crippen LogP contribution < -0.4 is 0 Å². The van der Waals surface area contributed by atoms with E-state index in [2.05, 4.69) is 16.8 Å². The lowest BCUT2D eigenvalue weighted by molar-refractivity contribution is -0.100. The Kier molecular flexibility index (Phi) is 3.56. The molecule has 3 heteroatoms. The third-order valence-electron chi connectivity index (χ3n) is 1.51. The van der Waals surface area contributed by atoms with Crippen LogP contribution in [0.25, 0.3) is 0 Å². The van der Waals surface area contributed by atoms with Crippen LogP contribution in [-0.4, -0.2) is 20.5 Å². The fourth-order valence-electron chi connectivity index (χ4n) is 0.864. The molecule has 1 aromatic heterocycles. The van der Waals surface area contributed by atoms with Crippen molar-refractivity contribution in [3.05, 3.63) is 22.4 Å². The van der Waals surface area contributed by atoms with Gasteiger partial charge in [-0.05, 0) is 22.4 Å². The highest BCUT2D eigenvalue weighted by Gasteiger charge is 2.05. The molecule has 0 N–H and O–H groups in total. The minimum absolute atomic E-state index is 0.107. The minimum Gasteiger partial charge on any atom is -0.356 e. The van der Waals surface area contributed by atoms with Gasteiger partial charge in [0.25, 0.3) is 0 Å². The molecule has 0 radical (unpaired) electrons. The lowest BCUT2D eigenvalue weighted by atomic mass is 10.2. The molecule has 0 aromatic carbocycles. The van der Waals surface area contributed by atoms with Gasteiger partial charge in [0.1, 0.15) is 0 Å². The van der Waals surface area contributed by atoms with Crippen molar-refractivity contribution in [1.82, 2.24) is 0 Å². The molecule has 0 aliphatic carbocycles. The Morgan fingerprint density at radius 1 is 1.45 bits per heavy atom. The zero-order valence-electron chi connectivity index (χ0n) is 6.74. The number of rotatable bonds is 4. The predicted octanol–water partition coefficient (Wildman–Crippen LogP) is 1.91. The first-order valence-corrected chi connectivity index (χ1v) is 4.37. The SMILES string of the molecule is COC(Cc1ccsc1)OC. The quantitative estimate of drug-likeness (QED) is 0.646. The number of methoxy groups -OCH3 is 2. The number of ether oxygens (including phenoxy) is 2. The molecule has 0 spiro atoms. The Bertz CT molecular complexity index is 180. The van der Waals surface area contributed by atoms with Crippen LogP contribution in [0, 0.1) is 0 Å². The smallest absolute Gasteiger partial charge is 0.160 e. The second-order valence-corrected chi connectivity index (χ2v) is 3.02. The largest absolute Gasteiger partial charge is 0.356 e. The first kappa shape index (κ1) is 8.71. The second kappa shape index (κ2) is 4.49. The van der Waals surface area contributed by atoms with Gasteiger partial charge in [-0.2, -0.15) is 11.3 Å². The van der Waals surface area contributed by atoms with Crippen LogP contribution in [0.15, 0.2) is 16.8 Å². The van der Waals surface area contributed by atoms with Gasteiger partial charge >= 0.3 is 0 Å².